The van der Waals surface area contributed by atoms with Crippen LogP contribution in [0.5, 0.6) is 23.0 Å². The van der Waals surface area contributed by atoms with Gasteiger partial charge in [0.25, 0.3) is 0 Å². The van der Waals surface area contributed by atoms with E-state index in [1.165, 1.54) is 19.3 Å². The van der Waals surface area contributed by atoms with Crippen LogP contribution in [0.3, 0.4) is 0 Å². The summed E-state index contributed by atoms with van der Waals surface area (Å²) in [7, 11) is 1.67. The average Bonchev–Trinajstić information content (AvgIpc) is 3.49. The van der Waals surface area contributed by atoms with Gasteiger partial charge in [-0.1, -0.05) is 12.5 Å². The first kappa shape index (κ1) is 26.4. The number of carbonyl (C=O) groups is 1. The van der Waals surface area contributed by atoms with E-state index in [9.17, 15) is 4.79 Å². The number of hydrogen-bond acceptors (Lipinski definition) is 7. The molecule has 38 heavy (non-hydrogen) atoms. The van der Waals surface area contributed by atoms with Gasteiger partial charge in [-0.2, -0.15) is 0 Å². The number of benzene rings is 3. The van der Waals surface area contributed by atoms with Crippen LogP contribution in [0.1, 0.15) is 41.6 Å². The molecule has 2 aliphatic rings. The average molecular weight is 552 g/mol. The minimum Gasteiger partial charge on any atom is -0.497 e. The smallest absolute Gasteiger partial charge is 0.338 e. The predicted octanol–water partition coefficient (Wildman–Crippen LogP) is 7.37. The van der Waals surface area contributed by atoms with Crippen molar-refractivity contribution in [2.75, 3.05) is 20.3 Å². The molecule has 6 nitrogen and oxygen atoms in total. The van der Waals surface area contributed by atoms with E-state index in [2.05, 4.69) is 5.32 Å². The van der Waals surface area contributed by atoms with Crippen molar-refractivity contribution in [3.8, 4) is 33.4 Å². The lowest BCUT2D eigenvalue weighted by atomic mass is 10.0. The zero-order valence-corrected chi connectivity index (χ0v) is 22.8. The van der Waals surface area contributed by atoms with Gasteiger partial charge >= 0.3 is 5.97 Å². The highest BCUT2D eigenvalue weighted by Crippen LogP contribution is 2.47. The van der Waals surface area contributed by atoms with Gasteiger partial charge in [-0.05, 0) is 86.0 Å². The molecule has 6 rings (SSSR count). The van der Waals surface area contributed by atoms with Gasteiger partial charge in [0.05, 0.1) is 24.2 Å². The first-order valence-corrected chi connectivity index (χ1v) is 13.5. The number of halogens is 1. The minimum atomic E-state index is -0.267. The fraction of sp³-hybridized carbons (Fsp3) is 0.300. The van der Waals surface area contributed by atoms with E-state index in [0.29, 0.717) is 24.8 Å². The molecule has 1 aromatic heterocycles. The highest BCUT2D eigenvalue weighted by molar-refractivity contribution is 7.22. The van der Waals surface area contributed by atoms with E-state index >= 15 is 0 Å². The molecule has 1 unspecified atom stereocenters. The number of methoxy groups -OCH3 is 1. The number of cyclic esters (lactones) is 1. The van der Waals surface area contributed by atoms with Gasteiger partial charge in [0, 0.05) is 21.7 Å². The third-order valence-electron chi connectivity index (χ3n) is 6.99. The summed E-state index contributed by atoms with van der Waals surface area (Å²) in [6, 6.07) is 20.2. The number of carbonyl (C=O) groups excluding carboxylic acids is 1. The first-order valence-electron chi connectivity index (χ1n) is 12.7. The number of ether oxygens (including phenoxy) is 4. The standard InChI is InChI=1S/C30H29NO5S.ClH/c1-33-24-10-12-26-27(17-24)37-29(19-5-11-25-20(16-19)18-35-30(25)32)28(26)36-23-8-6-22(7-9-23)34-15-13-21-4-2-3-14-31-21;/h5-12,16-17,21,31H,2-4,13-15,18H2,1H3;1H. The Morgan fingerprint density at radius 2 is 1.82 bits per heavy atom. The van der Waals surface area contributed by atoms with E-state index < -0.39 is 0 Å². The van der Waals surface area contributed by atoms with Crippen molar-refractivity contribution in [1.29, 1.82) is 0 Å². The van der Waals surface area contributed by atoms with E-state index in [-0.39, 0.29) is 18.4 Å². The summed E-state index contributed by atoms with van der Waals surface area (Å²) in [4.78, 5) is 12.9. The van der Waals surface area contributed by atoms with Gasteiger partial charge in [-0.25, -0.2) is 4.79 Å². The van der Waals surface area contributed by atoms with Gasteiger partial charge in [0.2, 0.25) is 0 Å². The van der Waals surface area contributed by atoms with Crippen LogP contribution in [0, 0.1) is 0 Å². The molecule has 1 saturated heterocycles. The van der Waals surface area contributed by atoms with Crippen LogP contribution in [-0.2, 0) is 11.3 Å². The van der Waals surface area contributed by atoms with E-state index in [1.807, 2.05) is 60.7 Å². The normalized spacial score (nSPS) is 16.4. The molecular weight excluding hydrogens is 522 g/mol. The Kier molecular flexibility index (Phi) is 8.07. The molecule has 1 fully saturated rings. The van der Waals surface area contributed by atoms with E-state index in [0.717, 1.165) is 62.1 Å². The predicted molar refractivity (Wildman–Crippen MR) is 152 cm³/mol. The van der Waals surface area contributed by atoms with Gasteiger partial charge in [-0.15, -0.1) is 23.7 Å². The second kappa shape index (κ2) is 11.6. The molecule has 0 radical (unpaired) electrons. The Labute approximate surface area is 232 Å². The van der Waals surface area contributed by atoms with Crippen molar-refractivity contribution in [2.45, 2.75) is 38.3 Å². The van der Waals surface area contributed by atoms with Crippen molar-refractivity contribution >= 4 is 39.8 Å². The van der Waals surface area contributed by atoms with Crippen molar-refractivity contribution in [3.05, 3.63) is 71.8 Å². The Morgan fingerprint density at radius 1 is 1.00 bits per heavy atom. The zero-order valence-electron chi connectivity index (χ0n) is 21.2. The molecule has 1 N–H and O–H groups in total. The summed E-state index contributed by atoms with van der Waals surface area (Å²) < 4.78 is 24.2. The zero-order chi connectivity index (χ0) is 25.2. The van der Waals surface area contributed by atoms with Crippen molar-refractivity contribution in [1.82, 2.24) is 5.32 Å². The molecule has 0 saturated carbocycles. The van der Waals surface area contributed by atoms with Gasteiger partial charge < -0.3 is 24.3 Å². The molecule has 2 aliphatic heterocycles. The number of fused-ring (bicyclic) bond motifs is 2. The minimum absolute atomic E-state index is 0. The summed E-state index contributed by atoms with van der Waals surface area (Å²) in [6.45, 7) is 2.11. The lowest BCUT2D eigenvalue weighted by Crippen LogP contribution is -2.35. The SMILES string of the molecule is COc1ccc2c(Oc3ccc(OCCC4CCCCN4)cc3)c(-c3ccc4c(c3)COC4=O)sc2c1.Cl. The number of hydrogen-bond donors (Lipinski definition) is 1. The number of esters is 1. The highest BCUT2D eigenvalue weighted by atomic mass is 35.5. The third-order valence-corrected chi connectivity index (χ3v) is 8.17. The largest absolute Gasteiger partial charge is 0.497 e. The fourth-order valence-electron chi connectivity index (χ4n) is 4.96. The third kappa shape index (κ3) is 5.46. The summed E-state index contributed by atoms with van der Waals surface area (Å²) in [6.07, 6.45) is 4.82. The van der Waals surface area contributed by atoms with E-state index in [1.54, 1.807) is 18.4 Å². The van der Waals surface area contributed by atoms with Crippen molar-refractivity contribution in [2.24, 2.45) is 0 Å². The summed E-state index contributed by atoms with van der Waals surface area (Å²) in [5.41, 5.74) is 2.51. The maximum absolute atomic E-state index is 11.9. The van der Waals surface area contributed by atoms with Crippen LogP contribution in [0.25, 0.3) is 20.5 Å². The fourth-order valence-corrected chi connectivity index (χ4v) is 6.11. The quantitative estimate of drug-likeness (QED) is 0.231. The maximum atomic E-state index is 11.9. The van der Waals surface area contributed by atoms with E-state index in [4.69, 9.17) is 18.9 Å². The second-order valence-electron chi connectivity index (χ2n) is 9.43. The molecule has 0 spiro atoms. The molecule has 0 aliphatic carbocycles. The Bertz CT molecular complexity index is 1430. The van der Waals surface area contributed by atoms with Gasteiger partial charge in [0.15, 0.2) is 5.75 Å². The van der Waals surface area contributed by atoms with Crippen LogP contribution in [-0.4, -0.2) is 32.3 Å². The molecule has 0 bridgehead atoms. The van der Waals surface area contributed by atoms with Crippen molar-refractivity contribution in [3.63, 3.8) is 0 Å². The molecule has 3 heterocycles. The number of nitrogens with one attached hydrogen (secondary N) is 1. The number of thiophene rings is 1. The van der Waals surface area contributed by atoms with Crippen LogP contribution >= 0.6 is 23.7 Å². The molecular formula is C30H30ClNO5S. The topological polar surface area (TPSA) is 66.0 Å². The maximum Gasteiger partial charge on any atom is 0.338 e. The summed E-state index contributed by atoms with van der Waals surface area (Å²) in [5.74, 6) is 2.88. The van der Waals surface area contributed by atoms with Crippen LogP contribution in [0.4, 0.5) is 0 Å². The summed E-state index contributed by atoms with van der Waals surface area (Å²) in [5, 5.41) is 4.57. The summed E-state index contributed by atoms with van der Waals surface area (Å²) >= 11 is 1.64. The first-order chi connectivity index (χ1) is 18.2. The number of piperidine rings is 1. The van der Waals surface area contributed by atoms with Gasteiger partial charge in [0.1, 0.15) is 23.9 Å². The second-order valence-corrected chi connectivity index (χ2v) is 10.5. The number of rotatable bonds is 8. The molecule has 8 heteroatoms. The Hall–Kier alpha value is -3.26. The lowest BCUT2D eigenvalue weighted by Gasteiger charge is -2.23. The van der Waals surface area contributed by atoms with Gasteiger partial charge in [-0.3, -0.25) is 0 Å². The Morgan fingerprint density at radius 3 is 2.61 bits per heavy atom. The monoisotopic (exact) mass is 551 g/mol. The Balaban J connectivity index is 0.00000294. The van der Waals surface area contributed by atoms with Crippen LogP contribution in [0.2, 0.25) is 0 Å². The molecule has 4 aromatic rings. The highest BCUT2D eigenvalue weighted by Gasteiger charge is 2.24. The van der Waals surface area contributed by atoms with Crippen LogP contribution in [0.15, 0.2) is 60.7 Å². The molecule has 1 atom stereocenters. The lowest BCUT2D eigenvalue weighted by molar-refractivity contribution is 0.0535. The molecule has 0 amide bonds. The molecule has 198 valence electrons. The van der Waals surface area contributed by atoms with Crippen LogP contribution < -0.4 is 19.5 Å². The van der Waals surface area contributed by atoms with Crippen molar-refractivity contribution < 1.29 is 23.7 Å². The molecule has 3 aromatic carbocycles.